The van der Waals surface area contributed by atoms with E-state index in [-0.39, 0.29) is 17.1 Å². The minimum atomic E-state index is -2.65. The van der Waals surface area contributed by atoms with Crippen LogP contribution in [0.3, 0.4) is 0 Å². The lowest BCUT2D eigenvalue weighted by atomic mass is 9.90. The second-order valence-electron chi connectivity index (χ2n) is 4.64. The van der Waals surface area contributed by atoms with Crippen LogP contribution in [0.4, 0.5) is 0 Å². The summed E-state index contributed by atoms with van der Waals surface area (Å²) in [5, 5.41) is 29.6. The topological polar surface area (TPSA) is 87.0 Å². The van der Waals surface area contributed by atoms with Gasteiger partial charge in [-0.3, -0.25) is 4.79 Å². The maximum atomic E-state index is 12.2. The molecule has 0 saturated heterocycles. The van der Waals surface area contributed by atoms with Gasteiger partial charge in [-0.1, -0.05) is 30.3 Å². The number of aromatic hydroxyl groups is 1. The van der Waals surface area contributed by atoms with Gasteiger partial charge in [0, 0.05) is 6.07 Å². The summed E-state index contributed by atoms with van der Waals surface area (Å²) >= 11 is 0. The Balaban J connectivity index is 2.12. The van der Waals surface area contributed by atoms with Gasteiger partial charge >= 0.3 is 0 Å². The van der Waals surface area contributed by atoms with Gasteiger partial charge in [0.2, 0.25) is 5.78 Å². The number of rotatable bonds is 1. The van der Waals surface area contributed by atoms with Crippen LogP contribution < -0.4 is 4.74 Å². The van der Waals surface area contributed by atoms with Crippen LogP contribution in [-0.4, -0.2) is 26.9 Å². The number of phenolic OH excluding ortho intramolecular Hbond substituents is 1. The molecule has 3 rings (SSSR count). The molecule has 5 nitrogen and oxygen atoms in total. The zero-order valence-electron chi connectivity index (χ0n) is 10.4. The van der Waals surface area contributed by atoms with Crippen molar-refractivity contribution in [3.05, 3.63) is 59.7 Å². The van der Waals surface area contributed by atoms with Crippen molar-refractivity contribution in [1.82, 2.24) is 0 Å². The summed E-state index contributed by atoms with van der Waals surface area (Å²) < 4.78 is 5.50. The first kappa shape index (κ1) is 12.7. The number of Topliss-reactive ketones (excluding diaryl/α,β-unsaturated/α-hetero) is 1. The molecule has 1 atom stereocenters. The molecule has 1 heterocycles. The van der Waals surface area contributed by atoms with Crippen molar-refractivity contribution in [3.63, 3.8) is 0 Å². The summed E-state index contributed by atoms with van der Waals surface area (Å²) in [5.74, 6) is -3.44. The van der Waals surface area contributed by atoms with E-state index in [1.807, 2.05) is 0 Å². The molecule has 0 radical (unpaired) electrons. The van der Waals surface area contributed by atoms with Crippen molar-refractivity contribution in [2.24, 2.45) is 0 Å². The molecule has 5 heteroatoms. The number of ether oxygens (including phenoxy) is 1. The Bertz CT molecular complexity index is 663. The number of hydrogen-bond acceptors (Lipinski definition) is 5. The first-order chi connectivity index (χ1) is 9.50. The van der Waals surface area contributed by atoms with Gasteiger partial charge in [-0.25, -0.2) is 0 Å². The quantitative estimate of drug-likeness (QED) is 0.683. The lowest BCUT2D eigenvalue weighted by Gasteiger charge is -2.35. The van der Waals surface area contributed by atoms with Gasteiger partial charge < -0.3 is 20.1 Å². The highest BCUT2D eigenvalue weighted by Gasteiger charge is 2.50. The van der Waals surface area contributed by atoms with Gasteiger partial charge in [0.15, 0.2) is 6.10 Å². The summed E-state index contributed by atoms with van der Waals surface area (Å²) in [6.07, 6.45) is -1.24. The average Bonchev–Trinajstić information content (AvgIpc) is 2.44. The molecule has 3 N–H and O–H groups in total. The monoisotopic (exact) mass is 272 g/mol. The maximum Gasteiger partial charge on any atom is 0.271 e. The molecule has 20 heavy (non-hydrogen) atoms. The Morgan fingerprint density at radius 2 is 1.75 bits per heavy atom. The first-order valence-electron chi connectivity index (χ1n) is 6.04. The van der Waals surface area contributed by atoms with Crippen molar-refractivity contribution in [3.8, 4) is 11.5 Å². The van der Waals surface area contributed by atoms with Gasteiger partial charge in [-0.15, -0.1) is 0 Å². The number of hydrogen-bond donors (Lipinski definition) is 3. The second-order valence-corrected chi connectivity index (χ2v) is 4.64. The molecule has 2 aromatic carbocycles. The molecule has 1 unspecified atom stereocenters. The minimum Gasteiger partial charge on any atom is -0.508 e. The number of fused-ring (bicyclic) bond motifs is 1. The van der Waals surface area contributed by atoms with Crippen LogP contribution in [0, 0.1) is 0 Å². The summed E-state index contributed by atoms with van der Waals surface area (Å²) in [5.41, 5.74) is 0.486. The third-order valence-corrected chi connectivity index (χ3v) is 3.26. The Kier molecular flexibility index (Phi) is 2.74. The van der Waals surface area contributed by atoms with E-state index in [4.69, 9.17) is 4.74 Å². The van der Waals surface area contributed by atoms with E-state index in [9.17, 15) is 20.1 Å². The van der Waals surface area contributed by atoms with Gasteiger partial charge in [-0.05, 0) is 17.7 Å². The van der Waals surface area contributed by atoms with Gasteiger partial charge in [0.25, 0.3) is 5.79 Å². The first-order valence-corrected chi connectivity index (χ1v) is 6.04. The number of phenols is 1. The SMILES string of the molecule is O=C1c2ccc(O)cc2OC(c2ccccc2)C1(O)O. The van der Waals surface area contributed by atoms with E-state index < -0.39 is 17.7 Å². The van der Waals surface area contributed by atoms with Gasteiger partial charge in [-0.2, -0.15) is 0 Å². The van der Waals surface area contributed by atoms with Gasteiger partial charge in [0.1, 0.15) is 11.5 Å². The molecule has 0 fully saturated rings. The summed E-state index contributed by atoms with van der Waals surface area (Å²) in [7, 11) is 0. The Morgan fingerprint density at radius 3 is 2.45 bits per heavy atom. The summed E-state index contributed by atoms with van der Waals surface area (Å²) in [4.78, 5) is 12.2. The molecule has 102 valence electrons. The number of benzene rings is 2. The Morgan fingerprint density at radius 1 is 1.05 bits per heavy atom. The highest BCUT2D eigenvalue weighted by Crippen LogP contribution is 2.41. The van der Waals surface area contributed by atoms with E-state index in [1.54, 1.807) is 30.3 Å². The number of aliphatic hydroxyl groups is 2. The normalized spacial score (nSPS) is 20.1. The van der Waals surface area contributed by atoms with E-state index >= 15 is 0 Å². The predicted molar refractivity (Wildman–Crippen MR) is 69.4 cm³/mol. The van der Waals surface area contributed by atoms with Crippen molar-refractivity contribution in [2.45, 2.75) is 11.9 Å². The largest absolute Gasteiger partial charge is 0.508 e. The molecule has 2 aromatic rings. The van der Waals surface area contributed by atoms with E-state index in [0.29, 0.717) is 5.56 Å². The lowest BCUT2D eigenvalue weighted by Crippen LogP contribution is -2.49. The minimum absolute atomic E-state index is 0.0278. The van der Waals surface area contributed by atoms with Crippen LogP contribution in [0.2, 0.25) is 0 Å². The fourth-order valence-corrected chi connectivity index (χ4v) is 2.25. The fraction of sp³-hybridized carbons (Fsp3) is 0.133. The van der Waals surface area contributed by atoms with Crippen LogP contribution in [-0.2, 0) is 0 Å². The smallest absolute Gasteiger partial charge is 0.271 e. The maximum absolute atomic E-state index is 12.2. The van der Waals surface area contributed by atoms with Crippen molar-refractivity contribution < 1.29 is 24.9 Å². The molecule has 1 aliphatic heterocycles. The zero-order valence-corrected chi connectivity index (χ0v) is 10.4. The highest BCUT2D eigenvalue weighted by molar-refractivity contribution is 6.05. The molecular formula is C15H12O5. The van der Waals surface area contributed by atoms with Crippen LogP contribution in [0.5, 0.6) is 11.5 Å². The number of carbonyl (C=O) groups is 1. The average molecular weight is 272 g/mol. The fourth-order valence-electron chi connectivity index (χ4n) is 2.25. The molecule has 0 aromatic heterocycles. The van der Waals surface area contributed by atoms with Crippen molar-refractivity contribution >= 4 is 5.78 Å². The van der Waals surface area contributed by atoms with Crippen molar-refractivity contribution in [2.75, 3.05) is 0 Å². The number of carbonyl (C=O) groups excluding carboxylic acids is 1. The third kappa shape index (κ3) is 1.84. The molecule has 0 amide bonds. The predicted octanol–water partition coefficient (Wildman–Crippen LogP) is 1.39. The van der Waals surface area contributed by atoms with Crippen molar-refractivity contribution in [1.29, 1.82) is 0 Å². The summed E-state index contributed by atoms with van der Waals surface area (Å²) in [6, 6.07) is 12.3. The van der Waals surface area contributed by atoms with Crippen LogP contribution in [0.15, 0.2) is 48.5 Å². The van der Waals surface area contributed by atoms with E-state index in [1.165, 1.54) is 18.2 Å². The van der Waals surface area contributed by atoms with Crippen LogP contribution in [0.25, 0.3) is 0 Å². The molecule has 0 aliphatic carbocycles. The van der Waals surface area contributed by atoms with E-state index in [2.05, 4.69) is 0 Å². The summed E-state index contributed by atoms with van der Waals surface area (Å²) in [6.45, 7) is 0. The highest BCUT2D eigenvalue weighted by atomic mass is 16.6. The lowest BCUT2D eigenvalue weighted by molar-refractivity contribution is -0.186. The third-order valence-electron chi connectivity index (χ3n) is 3.26. The Labute approximate surface area is 114 Å². The van der Waals surface area contributed by atoms with Gasteiger partial charge in [0.05, 0.1) is 5.56 Å². The standard InChI is InChI=1S/C15H12O5/c16-10-6-7-11-12(8-10)20-14(15(18,19)13(11)17)9-4-2-1-3-5-9/h1-8,14,16,18-19H. The molecule has 1 aliphatic rings. The number of ketones is 1. The van der Waals surface area contributed by atoms with Crippen LogP contribution >= 0.6 is 0 Å². The molecular weight excluding hydrogens is 260 g/mol. The zero-order chi connectivity index (χ0) is 14.3. The Hall–Kier alpha value is -2.37. The molecule has 0 bridgehead atoms. The van der Waals surface area contributed by atoms with Crippen LogP contribution in [0.1, 0.15) is 22.0 Å². The molecule has 0 spiro atoms. The second kappa shape index (κ2) is 4.33. The van der Waals surface area contributed by atoms with E-state index in [0.717, 1.165) is 0 Å². The molecule has 0 saturated carbocycles.